The quantitative estimate of drug-likeness (QED) is 0.403. The summed E-state index contributed by atoms with van der Waals surface area (Å²) in [5.41, 5.74) is 0.925. The van der Waals surface area contributed by atoms with Gasteiger partial charge >= 0.3 is 0 Å². The van der Waals surface area contributed by atoms with Gasteiger partial charge in [-0.3, -0.25) is 14.9 Å². The van der Waals surface area contributed by atoms with Crippen LogP contribution in [-0.2, 0) is 4.79 Å². The minimum Gasteiger partial charge on any atom is -0.486 e. The number of ether oxygens (including phenoxy) is 2. The van der Waals surface area contributed by atoms with Gasteiger partial charge in [0.25, 0.3) is 5.69 Å². The fourth-order valence-corrected chi connectivity index (χ4v) is 3.96. The number of rotatable bonds is 6. The lowest BCUT2D eigenvalue weighted by Gasteiger charge is -2.22. The number of nitrogens with zero attached hydrogens (tertiary/aromatic N) is 1. The minimum absolute atomic E-state index is 0.0286. The third-order valence-corrected chi connectivity index (χ3v) is 5.62. The Morgan fingerprint density at radius 2 is 1.89 bits per heavy atom. The predicted molar refractivity (Wildman–Crippen MR) is 106 cm³/mol. The molecule has 0 radical (unpaired) electrons. The van der Waals surface area contributed by atoms with E-state index in [-0.39, 0.29) is 23.4 Å². The molecule has 0 saturated heterocycles. The second kappa shape index (κ2) is 8.62. The number of nitro groups is 1. The van der Waals surface area contributed by atoms with E-state index in [4.69, 9.17) is 9.47 Å². The molecule has 9 heteroatoms. The number of carbonyl (C=O) groups is 1. The summed E-state index contributed by atoms with van der Waals surface area (Å²) < 4.78 is 12.0. The van der Waals surface area contributed by atoms with E-state index in [1.54, 1.807) is 12.1 Å². The molecule has 1 amide bonds. The van der Waals surface area contributed by atoms with Crippen molar-refractivity contribution in [1.29, 1.82) is 0 Å². The standard InChI is InChI=1S/C18H17BrN2O5S/c1-11(14-8-16-17(9-15(14)19)26-7-6-25-16)20-18(22)10-27-13-4-2-12(3-5-13)21(23)24/h2-5,8-9,11H,6-7,10H2,1H3,(H,20,22). The summed E-state index contributed by atoms with van der Waals surface area (Å²) in [7, 11) is 0. The highest BCUT2D eigenvalue weighted by Gasteiger charge is 2.19. The number of nitrogens with one attached hydrogen (secondary N) is 1. The van der Waals surface area contributed by atoms with Gasteiger partial charge in [0, 0.05) is 21.5 Å². The highest BCUT2D eigenvalue weighted by atomic mass is 79.9. The summed E-state index contributed by atoms with van der Waals surface area (Å²) in [4.78, 5) is 23.3. The van der Waals surface area contributed by atoms with Gasteiger partial charge in [-0.05, 0) is 36.8 Å². The molecule has 0 aromatic heterocycles. The van der Waals surface area contributed by atoms with E-state index >= 15 is 0 Å². The molecule has 0 bridgehead atoms. The SMILES string of the molecule is CC(NC(=O)CSc1ccc([N+](=O)[O-])cc1)c1cc2c(cc1Br)OCCO2. The van der Waals surface area contributed by atoms with Crippen LogP contribution in [0.15, 0.2) is 45.8 Å². The number of fused-ring (bicyclic) bond motifs is 1. The highest BCUT2D eigenvalue weighted by molar-refractivity contribution is 9.10. The van der Waals surface area contributed by atoms with Gasteiger partial charge in [-0.2, -0.15) is 0 Å². The van der Waals surface area contributed by atoms with Crippen molar-refractivity contribution in [3.05, 3.63) is 56.5 Å². The number of hydrogen-bond donors (Lipinski definition) is 1. The number of hydrogen-bond acceptors (Lipinski definition) is 6. The van der Waals surface area contributed by atoms with Gasteiger partial charge in [-0.15, -0.1) is 11.8 Å². The molecular weight excluding hydrogens is 436 g/mol. The molecule has 7 nitrogen and oxygen atoms in total. The predicted octanol–water partition coefficient (Wildman–Crippen LogP) is 4.10. The monoisotopic (exact) mass is 452 g/mol. The van der Waals surface area contributed by atoms with Crippen LogP contribution in [0.25, 0.3) is 0 Å². The van der Waals surface area contributed by atoms with Crippen molar-refractivity contribution in [3.63, 3.8) is 0 Å². The van der Waals surface area contributed by atoms with Gasteiger partial charge < -0.3 is 14.8 Å². The number of amides is 1. The van der Waals surface area contributed by atoms with Gasteiger partial charge in [0.2, 0.25) is 5.91 Å². The van der Waals surface area contributed by atoms with E-state index in [1.165, 1.54) is 23.9 Å². The number of carbonyl (C=O) groups excluding carboxylic acids is 1. The van der Waals surface area contributed by atoms with Gasteiger partial charge in [-0.1, -0.05) is 15.9 Å². The zero-order chi connectivity index (χ0) is 19.4. The Morgan fingerprint density at radius 3 is 2.52 bits per heavy atom. The highest BCUT2D eigenvalue weighted by Crippen LogP contribution is 2.37. The van der Waals surface area contributed by atoms with Crippen molar-refractivity contribution in [1.82, 2.24) is 5.32 Å². The van der Waals surface area contributed by atoms with Crippen molar-refractivity contribution in [2.45, 2.75) is 17.9 Å². The smallest absolute Gasteiger partial charge is 0.269 e. The van der Waals surface area contributed by atoms with Gasteiger partial charge in [0.05, 0.1) is 16.7 Å². The van der Waals surface area contributed by atoms with Crippen molar-refractivity contribution in [3.8, 4) is 11.5 Å². The van der Waals surface area contributed by atoms with Crippen LogP contribution in [0.1, 0.15) is 18.5 Å². The fraction of sp³-hybridized carbons (Fsp3) is 0.278. The van der Waals surface area contributed by atoms with E-state index in [0.717, 1.165) is 14.9 Å². The van der Waals surface area contributed by atoms with Crippen LogP contribution < -0.4 is 14.8 Å². The second-order valence-electron chi connectivity index (χ2n) is 5.85. The van der Waals surface area contributed by atoms with Crippen molar-refractivity contribution in [2.24, 2.45) is 0 Å². The first kappa shape index (κ1) is 19.5. The summed E-state index contributed by atoms with van der Waals surface area (Å²) in [6.07, 6.45) is 0. The molecule has 1 heterocycles. The molecule has 1 N–H and O–H groups in total. The van der Waals surface area contributed by atoms with Crippen molar-refractivity contribution >= 4 is 39.3 Å². The number of thioether (sulfide) groups is 1. The summed E-state index contributed by atoms with van der Waals surface area (Å²) in [6, 6.07) is 9.61. The average Bonchev–Trinajstić information content (AvgIpc) is 2.66. The molecule has 2 aromatic rings. The van der Waals surface area contributed by atoms with E-state index in [1.807, 2.05) is 19.1 Å². The fourth-order valence-electron chi connectivity index (χ4n) is 2.59. The lowest BCUT2D eigenvalue weighted by atomic mass is 10.1. The molecule has 142 valence electrons. The molecule has 0 saturated carbocycles. The first-order chi connectivity index (χ1) is 12.9. The Hall–Kier alpha value is -2.26. The molecule has 0 fully saturated rings. The molecule has 3 rings (SSSR count). The van der Waals surface area contributed by atoms with Gasteiger partial charge in [0.15, 0.2) is 11.5 Å². The Balaban J connectivity index is 1.58. The molecule has 1 aliphatic rings. The third kappa shape index (κ3) is 4.92. The van der Waals surface area contributed by atoms with Crippen LogP contribution in [0.2, 0.25) is 0 Å². The van der Waals surface area contributed by atoms with Crippen LogP contribution >= 0.6 is 27.7 Å². The number of nitro benzene ring substituents is 1. The Kier molecular flexibility index (Phi) is 6.22. The molecule has 1 aliphatic heterocycles. The molecular formula is C18H17BrN2O5S. The van der Waals surface area contributed by atoms with Crippen molar-refractivity contribution < 1.29 is 19.2 Å². The minimum atomic E-state index is -0.450. The topological polar surface area (TPSA) is 90.7 Å². The van der Waals surface area contributed by atoms with E-state index in [9.17, 15) is 14.9 Å². The molecule has 0 spiro atoms. The van der Waals surface area contributed by atoms with Crippen LogP contribution in [-0.4, -0.2) is 29.8 Å². The van der Waals surface area contributed by atoms with Crippen LogP contribution in [0.5, 0.6) is 11.5 Å². The summed E-state index contributed by atoms with van der Waals surface area (Å²) in [5.74, 6) is 1.43. The maximum atomic E-state index is 12.3. The number of non-ortho nitro benzene ring substituents is 1. The van der Waals surface area contributed by atoms with E-state index < -0.39 is 4.92 Å². The molecule has 1 atom stereocenters. The number of halogens is 1. The molecule has 27 heavy (non-hydrogen) atoms. The average molecular weight is 453 g/mol. The Morgan fingerprint density at radius 1 is 1.26 bits per heavy atom. The lowest BCUT2D eigenvalue weighted by Crippen LogP contribution is -2.28. The van der Waals surface area contributed by atoms with Crippen LogP contribution in [0.4, 0.5) is 5.69 Å². The normalized spacial score (nSPS) is 13.7. The van der Waals surface area contributed by atoms with E-state index in [0.29, 0.717) is 24.7 Å². The maximum absolute atomic E-state index is 12.3. The van der Waals surface area contributed by atoms with Crippen LogP contribution in [0.3, 0.4) is 0 Å². The summed E-state index contributed by atoms with van der Waals surface area (Å²) in [6.45, 7) is 2.91. The number of benzene rings is 2. The summed E-state index contributed by atoms with van der Waals surface area (Å²) in [5, 5.41) is 13.6. The van der Waals surface area contributed by atoms with Gasteiger partial charge in [0.1, 0.15) is 13.2 Å². The molecule has 1 unspecified atom stereocenters. The largest absolute Gasteiger partial charge is 0.486 e. The van der Waals surface area contributed by atoms with E-state index in [2.05, 4.69) is 21.2 Å². The first-order valence-corrected chi connectivity index (χ1v) is 9.97. The molecule has 0 aliphatic carbocycles. The Labute approximate surface area is 168 Å². The maximum Gasteiger partial charge on any atom is 0.269 e. The second-order valence-corrected chi connectivity index (χ2v) is 7.75. The lowest BCUT2D eigenvalue weighted by molar-refractivity contribution is -0.384. The van der Waals surface area contributed by atoms with Gasteiger partial charge in [-0.25, -0.2) is 0 Å². The van der Waals surface area contributed by atoms with Crippen LogP contribution in [0, 0.1) is 10.1 Å². The van der Waals surface area contributed by atoms with Crippen molar-refractivity contribution in [2.75, 3.05) is 19.0 Å². The Bertz CT molecular complexity index is 860. The third-order valence-electron chi connectivity index (χ3n) is 3.92. The first-order valence-electron chi connectivity index (χ1n) is 8.19. The molecule has 2 aromatic carbocycles. The zero-order valence-corrected chi connectivity index (χ0v) is 16.8. The zero-order valence-electron chi connectivity index (χ0n) is 14.4. The summed E-state index contributed by atoms with van der Waals surface area (Å²) >= 11 is 4.84.